The van der Waals surface area contributed by atoms with Crippen molar-refractivity contribution in [2.75, 3.05) is 14.2 Å². The van der Waals surface area contributed by atoms with Crippen LogP contribution in [-0.2, 0) is 21.7 Å². The highest BCUT2D eigenvalue weighted by atomic mass is 28.3. The van der Waals surface area contributed by atoms with Crippen LogP contribution in [0.2, 0.25) is 0 Å². The van der Waals surface area contributed by atoms with Gasteiger partial charge in [-0.2, -0.15) is 0 Å². The van der Waals surface area contributed by atoms with Crippen LogP contribution in [0.3, 0.4) is 0 Å². The van der Waals surface area contributed by atoms with E-state index in [0.717, 1.165) is 33.0 Å². The molecule has 2 aromatic carbocycles. The summed E-state index contributed by atoms with van der Waals surface area (Å²) in [6.45, 7) is 26.5. The Labute approximate surface area is 210 Å². The predicted octanol–water partition coefficient (Wildman–Crippen LogP) is 5.72. The maximum atomic E-state index is 12.2. The molecule has 0 atom stereocenters. The molecule has 0 aliphatic carbocycles. The van der Waals surface area contributed by atoms with Crippen molar-refractivity contribution in [2.24, 2.45) is 0 Å². The zero-order valence-electron chi connectivity index (χ0n) is 24.2. The summed E-state index contributed by atoms with van der Waals surface area (Å²) in [6, 6.07) is 8.86. The quantitative estimate of drug-likeness (QED) is 0.564. The maximum Gasteiger partial charge on any atom is 0.243 e. The summed E-state index contributed by atoms with van der Waals surface area (Å²) < 4.78 is 12.0. The molecular weight excluding hydrogens is 436 g/mol. The molecule has 0 amide bonds. The highest BCUT2D eigenvalue weighted by molar-refractivity contribution is 6.80. The first-order chi connectivity index (χ1) is 15.2. The summed E-state index contributed by atoms with van der Waals surface area (Å²) >= 11 is 0. The average molecular weight is 485 g/mol. The summed E-state index contributed by atoms with van der Waals surface area (Å²) in [6.07, 6.45) is 0. The van der Waals surface area contributed by atoms with Crippen LogP contribution in [0.25, 0.3) is 0 Å². The van der Waals surface area contributed by atoms with Crippen LogP contribution < -0.4 is 19.8 Å². The van der Waals surface area contributed by atoms with Crippen LogP contribution in [0.4, 0.5) is 0 Å². The molecule has 0 heterocycles. The lowest BCUT2D eigenvalue weighted by Crippen LogP contribution is -2.46. The van der Waals surface area contributed by atoms with Gasteiger partial charge in [-0.05, 0) is 43.9 Å². The van der Waals surface area contributed by atoms with Crippen LogP contribution >= 0.6 is 0 Å². The van der Waals surface area contributed by atoms with E-state index in [1.54, 1.807) is 14.2 Å². The van der Waals surface area contributed by atoms with Crippen LogP contribution in [0.5, 0.6) is 11.5 Å². The lowest BCUT2D eigenvalue weighted by molar-refractivity contribution is 0.397. The van der Waals surface area contributed by atoms with Crippen molar-refractivity contribution < 1.29 is 14.3 Å². The highest BCUT2D eigenvalue weighted by Crippen LogP contribution is 2.37. The van der Waals surface area contributed by atoms with Gasteiger partial charge in [0.2, 0.25) is 9.04 Å². The van der Waals surface area contributed by atoms with Gasteiger partial charge in [-0.3, -0.25) is 0 Å². The van der Waals surface area contributed by atoms with Gasteiger partial charge in [-0.15, -0.1) is 0 Å². The minimum Gasteiger partial charge on any atom is -0.496 e. The molecule has 0 radical (unpaired) electrons. The molecule has 0 fully saturated rings. The van der Waals surface area contributed by atoms with E-state index in [-0.39, 0.29) is 21.7 Å². The summed E-state index contributed by atoms with van der Waals surface area (Å²) in [4.78, 5) is 12.2. The summed E-state index contributed by atoms with van der Waals surface area (Å²) in [5, 5.41) is 1.84. The Kier molecular flexibility index (Phi) is 7.82. The third-order valence-corrected chi connectivity index (χ3v) is 8.62. The lowest BCUT2D eigenvalue weighted by Gasteiger charge is -2.32. The number of hydrogen-bond donors (Lipinski definition) is 1. The summed E-state index contributed by atoms with van der Waals surface area (Å²) in [7, 11) is 0.753. The van der Waals surface area contributed by atoms with Crippen LogP contribution in [0.1, 0.15) is 105 Å². The van der Waals surface area contributed by atoms with E-state index >= 15 is 0 Å². The van der Waals surface area contributed by atoms with E-state index in [4.69, 9.17) is 9.47 Å². The van der Waals surface area contributed by atoms with E-state index in [1.165, 1.54) is 11.1 Å². The molecule has 0 bridgehead atoms. The maximum absolute atomic E-state index is 12.2. The Hall–Kier alpha value is -1.78. The van der Waals surface area contributed by atoms with Gasteiger partial charge in [0.25, 0.3) is 0 Å². The van der Waals surface area contributed by atoms with Gasteiger partial charge >= 0.3 is 0 Å². The fourth-order valence-corrected chi connectivity index (χ4v) is 6.37. The zero-order valence-corrected chi connectivity index (χ0v) is 25.3. The molecule has 34 heavy (non-hydrogen) atoms. The van der Waals surface area contributed by atoms with Crippen molar-refractivity contribution in [2.45, 2.75) is 105 Å². The topological polar surface area (TPSA) is 38.7 Å². The Bertz CT molecular complexity index is 942. The van der Waals surface area contributed by atoms with Crippen molar-refractivity contribution in [3.8, 4) is 11.5 Å². The van der Waals surface area contributed by atoms with Gasteiger partial charge in [-0.1, -0.05) is 107 Å². The molecular formula is C30H48O3Si. The summed E-state index contributed by atoms with van der Waals surface area (Å²) in [5.74, 6) is 1.61. The van der Waals surface area contributed by atoms with E-state index in [0.29, 0.717) is 0 Å². The lowest BCUT2D eigenvalue weighted by atomic mass is 9.80. The first-order valence-electron chi connectivity index (χ1n) is 12.4. The number of hydrogen-bond acceptors (Lipinski definition) is 3. The van der Waals surface area contributed by atoms with Crippen molar-refractivity contribution in [1.29, 1.82) is 0 Å². The predicted molar refractivity (Wildman–Crippen MR) is 149 cm³/mol. The largest absolute Gasteiger partial charge is 0.496 e. The van der Waals surface area contributed by atoms with Crippen molar-refractivity contribution in [3.63, 3.8) is 0 Å². The molecule has 0 aliphatic rings. The van der Waals surface area contributed by atoms with E-state index in [2.05, 4.69) is 107 Å². The molecule has 1 N–H and O–H groups in total. The van der Waals surface area contributed by atoms with Crippen molar-refractivity contribution >= 4 is 19.4 Å². The Morgan fingerprint density at radius 3 is 1.03 bits per heavy atom. The monoisotopic (exact) mass is 484 g/mol. The summed E-state index contributed by atoms with van der Waals surface area (Å²) in [5.41, 5.74) is 4.33. The number of rotatable bonds is 4. The molecule has 0 aliphatic heterocycles. The van der Waals surface area contributed by atoms with Gasteiger partial charge in [0.05, 0.1) is 14.2 Å². The Balaban J connectivity index is 2.99. The third kappa shape index (κ3) is 5.88. The molecule has 0 saturated carbocycles. The second-order valence-corrected chi connectivity index (χ2v) is 15.7. The van der Waals surface area contributed by atoms with E-state index in [9.17, 15) is 4.80 Å². The number of benzene rings is 2. The van der Waals surface area contributed by atoms with Crippen molar-refractivity contribution in [1.82, 2.24) is 0 Å². The second-order valence-electron chi connectivity index (χ2n) is 13.7. The van der Waals surface area contributed by atoms with Gasteiger partial charge in [-0.25, -0.2) is 0 Å². The normalized spacial score (nSPS) is 13.4. The van der Waals surface area contributed by atoms with Crippen molar-refractivity contribution in [3.05, 3.63) is 46.5 Å². The third-order valence-electron chi connectivity index (χ3n) is 6.58. The van der Waals surface area contributed by atoms with E-state index in [1.807, 2.05) is 0 Å². The van der Waals surface area contributed by atoms with Gasteiger partial charge < -0.3 is 14.3 Å². The fourth-order valence-electron chi connectivity index (χ4n) is 4.31. The second kappa shape index (κ2) is 9.35. The molecule has 4 heteroatoms. The number of ether oxygens (including phenoxy) is 2. The molecule has 0 saturated heterocycles. The van der Waals surface area contributed by atoms with Crippen LogP contribution in [0, 0.1) is 0 Å². The molecule has 2 rings (SSSR count). The van der Waals surface area contributed by atoms with E-state index < -0.39 is 9.04 Å². The molecule has 3 nitrogen and oxygen atoms in total. The minimum absolute atomic E-state index is 0.0525. The number of methoxy groups -OCH3 is 2. The average Bonchev–Trinajstić information content (AvgIpc) is 2.68. The Morgan fingerprint density at radius 1 is 0.529 bits per heavy atom. The fraction of sp³-hybridized carbons (Fsp3) is 0.600. The highest BCUT2D eigenvalue weighted by Gasteiger charge is 2.33. The van der Waals surface area contributed by atoms with Gasteiger partial charge in [0.15, 0.2) is 0 Å². The first kappa shape index (κ1) is 28.5. The van der Waals surface area contributed by atoms with Gasteiger partial charge in [0.1, 0.15) is 11.5 Å². The molecule has 0 spiro atoms. The molecule has 0 aromatic heterocycles. The first-order valence-corrected chi connectivity index (χ1v) is 14.0. The molecule has 2 aromatic rings. The zero-order chi connectivity index (χ0) is 26.4. The van der Waals surface area contributed by atoms with Gasteiger partial charge in [0, 0.05) is 10.4 Å². The van der Waals surface area contributed by atoms with Crippen LogP contribution in [0.15, 0.2) is 24.3 Å². The molecule has 190 valence electrons. The molecule has 0 unspecified atom stereocenters. The minimum atomic E-state index is -2.68. The SMILES string of the molecule is COc1c([SiH](O)c2cc(C(C)(C)C)cc(C(C)(C)C)c2OC)cc(C(C)(C)C)cc1C(C)(C)C. The standard InChI is InChI=1S/C30H48O3Si/c1-27(2,3)19-15-21(29(7,8)9)25(32-13)23(17-19)34(31)24-18-20(28(4,5)6)16-22(26(24)33-14)30(10,11)12/h15-18,31,34H,1-14H3. The Morgan fingerprint density at radius 2 is 0.824 bits per heavy atom. The smallest absolute Gasteiger partial charge is 0.243 e. The van der Waals surface area contributed by atoms with Crippen LogP contribution in [-0.4, -0.2) is 28.1 Å².